The zero-order valence-corrected chi connectivity index (χ0v) is 18.5. The molecule has 0 amide bonds. The zero-order chi connectivity index (χ0) is 19.6. The monoisotopic (exact) mass is 383 g/mol. The van der Waals surface area contributed by atoms with Crippen LogP contribution in [0.25, 0.3) is 0 Å². The molecule has 4 rings (SSSR count). The molecule has 1 aromatic carbocycles. The van der Waals surface area contributed by atoms with Crippen LogP contribution in [0.4, 0.5) is 0 Å². The van der Waals surface area contributed by atoms with Gasteiger partial charge in [0.15, 0.2) is 0 Å². The third-order valence-corrected chi connectivity index (χ3v) is 7.78. The van der Waals surface area contributed by atoms with Gasteiger partial charge in [-0.3, -0.25) is 9.80 Å². The molecule has 156 valence electrons. The maximum Gasteiger partial charge on any atom is 0.0233 e. The van der Waals surface area contributed by atoms with Crippen LogP contribution >= 0.6 is 0 Å². The molecule has 3 aliphatic heterocycles. The molecule has 0 aromatic heterocycles. The van der Waals surface area contributed by atoms with Gasteiger partial charge in [0.25, 0.3) is 0 Å². The van der Waals surface area contributed by atoms with E-state index < -0.39 is 0 Å². The highest BCUT2D eigenvalue weighted by atomic mass is 15.2. The number of rotatable bonds is 5. The summed E-state index contributed by atoms with van der Waals surface area (Å²) in [5.74, 6) is 0.626. The van der Waals surface area contributed by atoms with Crippen molar-refractivity contribution in [3.8, 4) is 0 Å². The standard InChI is InChI=1S/C25H41N3/c1-4-26-15-10-24(11-16-26)28-17-13-25(20-28)12-5-14-27(19-25)18-22-6-8-23(9-7-22)21(2)3/h6-9,21,24H,4-5,10-20H2,1-3H3/t25-/m1/s1. The molecule has 3 saturated heterocycles. The van der Waals surface area contributed by atoms with E-state index in [1.165, 1.54) is 89.0 Å². The average molecular weight is 384 g/mol. The van der Waals surface area contributed by atoms with E-state index in [0.717, 1.165) is 12.6 Å². The molecule has 1 atom stereocenters. The minimum Gasteiger partial charge on any atom is -0.303 e. The van der Waals surface area contributed by atoms with Crippen LogP contribution in [0, 0.1) is 5.41 Å². The second kappa shape index (κ2) is 8.85. The van der Waals surface area contributed by atoms with Crippen molar-refractivity contribution < 1.29 is 0 Å². The van der Waals surface area contributed by atoms with Gasteiger partial charge in [-0.25, -0.2) is 0 Å². The first kappa shape index (κ1) is 20.4. The summed E-state index contributed by atoms with van der Waals surface area (Å²) in [7, 11) is 0. The highest BCUT2D eigenvalue weighted by Crippen LogP contribution is 2.41. The van der Waals surface area contributed by atoms with Crippen molar-refractivity contribution in [3.63, 3.8) is 0 Å². The molecule has 0 saturated carbocycles. The summed E-state index contributed by atoms with van der Waals surface area (Å²) >= 11 is 0. The summed E-state index contributed by atoms with van der Waals surface area (Å²) in [5, 5.41) is 0. The molecule has 0 N–H and O–H groups in total. The summed E-state index contributed by atoms with van der Waals surface area (Å²) in [6.45, 7) is 17.1. The number of hydrogen-bond donors (Lipinski definition) is 0. The predicted octanol–water partition coefficient (Wildman–Crippen LogP) is 4.58. The third kappa shape index (κ3) is 4.63. The topological polar surface area (TPSA) is 9.72 Å². The largest absolute Gasteiger partial charge is 0.303 e. The zero-order valence-electron chi connectivity index (χ0n) is 18.5. The Bertz CT molecular complexity index is 617. The van der Waals surface area contributed by atoms with Gasteiger partial charge in [0.1, 0.15) is 0 Å². The van der Waals surface area contributed by atoms with E-state index in [4.69, 9.17) is 0 Å². The number of hydrogen-bond acceptors (Lipinski definition) is 3. The van der Waals surface area contributed by atoms with E-state index >= 15 is 0 Å². The Kier molecular flexibility index (Phi) is 6.44. The Morgan fingerprint density at radius 3 is 2.36 bits per heavy atom. The van der Waals surface area contributed by atoms with E-state index in [2.05, 4.69) is 59.7 Å². The highest BCUT2D eigenvalue weighted by molar-refractivity contribution is 5.24. The van der Waals surface area contributed by atoms with Crippen LogP contribution in [0.5, 0.6) is 0 Å². The van der Waals surface area contributed by atoms with Crippen LogP contribution in [0.1, 0.15) is 69.9 Å². The average Bonchev–Trinajstić information content (AvgIpc) is 3.11. The Morgan fingerprint density at radius 2 is 1.68 bits per heavy atom. The fourth-order valence-electron chi connectivity index (χ4n) is 5.93. The molecular formula is C25H41N3. The maximum absolute atomic E-state index is 2.87. The molecule has 3 fully saturated rings. The van der Waals surface area contributed by atoms with Gasteiger partial charge in [-0.1, -0.05) is 45.0 Å². The molecule has 0 bridgehead atoms. The van der Waals surface area contributed by atoms with Gasteiger partial charge in [-0.15, -0.1) is 0 Å². The summed E-state index contributed by atoms with van der Waals surface area (Å²) in [5.41, 5.74) is 3.51. The van der Waals surface area contributed by atoms with E-state index in [9.17, 15) is 0 Å². The van der Waals surface area contributed by atoms with Crippen LogP contribution in [0.15, 0.2) is 24.3 Å². The van der Waals surface area contributed by atoms with E-state index in [0.29, 0.717) is 11.3 Å². The van der Waals surface area contributed by atoms with Gasteiger partial charge in [0.05, 0.1) is 0 Å². The van der Waals surface area contributed by atoms with E-state index in [-0.39, 0.29) is 0 Å². The van der Waals surface area contributed by atoms with Gasteiger partial charge in [0.2, 0.25) is 0 Å². The van der Waals surface area contributed by atoms with E-state index in [1.54, 1.807) is 0 Å². The fraction of sp³-hybridized carbons (Fsp3) is 0.760. The minimum absolute atomic E-state index is 0.567. The third-order valence-electron chi connectivity index (χ3n) is 7.78. The lowest BCUT2D eigenvalue weighted by molar-refractivity contribution is 0.0704. The molecule has 0 radical (unpaired) electrons. The summed E-state index contributed by atoms with van der Waals surface area (Å²) in [4.78, 5) is 8.24. The second-order valence-corrected chi connectivity index (χ2v) is 10.1. The molecule has 3 aliphatic rings. The number of likely N-dealkylation sites (tertiary alicyclic amines) is 3. The molecule has 28 heavy (non-hydrogen) atoms. The van der Waals surface area contributed by atoms with Crippen molar-refractivity contribution in [2.75, 3.05) is 45.8 Å². The van der Waals surface area contributed by atoms with Crippen molar-refractivity contribution in [3.05, 3.63) is 35.4 Å². The normalized spacial score (nSPS) is 28.6. The first-order chi connectivity index (χ1) is 13.6. The SMILES string of the molecule is CCN1CCC(N2CC[C@@]3(CCCN(Cc4ccc(C(C)C)cc4)C3)C2)CC1. The molecular weight excluding hydrogens is 342 g/mol. The van der Waals surface area contributed by atoms with Crippen molar-refractivity contribution >= 4 is 0 Å². The van der Waals surface area contributed by atoms with Gasteiger partial charge in [-0.2, -0.15) is 0 Å². The van der Waals surface area contributed by atoms with Gasteiger partial charge in [0, 0.05) is 25.7 Å². The summed E-state index contributed by atoms with van der Waals surface area (Å²) in [6.07, 6.45) is 7.02. The number of piperidine rings is 2. The molecule has 0 unspecified atom stereocenters. The predicted molar refractivity (Wildman–Crippen MR) is 119 cm³/mol. The first-order valence-corrected chi connectivity index (χ1v) is 11.8. The lowest BCUT2D eigenvalue weighted by atomic mass is 9.79. The van der Waals surface area contributed by atoms with Crippen LogP contribution in [0.2, 0.25) is 0 Å². The molecule has 3 heteroatoms. The fourth-order valence-corrected chi connectivity index (χ4v) is 5.93. The quantitative estimate of drug-likeness (QED) is 0.737. The van der Waals surface area contributed by atoms with Gasteiger partial charge >= 0.3 is 0 Å². The Balaban J connectivity index is 1.32. The van der Waals surface area contributed by atoms with Crippen molar-refractivity contribution in [1.29, 1.82) is 0 Å². The summed E-state index contributed by atoms with van der Waals surface area (Å²) in [6, 6.07) is 10.2. The first-order valence-electron chi connectivity index (χ1n) is 11.8. The van der Waals surface area contributed by atoms with Crippen molar-refractivity contribution in [2.45, 2.75) is 71.4 Å². The molecule has 1 aromatic rings. The number of nitrogens with zero attached hydrogens (tertiary/aromatic N) is 3. The van der Waals surface area contributed by atoms with Crippen LogP contribution in [-0.4, -0.2) is 66.6 Å². The Labute approximate surface area is 173 Å². The van der Waals surface area contributed by atoms with Gasteiger partial charge < -0.3 is 4.90 Å². The molecule has 0 aliphatic carbocycles. The number of benzene rings is 1. The second-order valence-electron chi connectivity index (χ2n) is 10.1. The van der Waals surface area contributed by atoms with Crippen molar-refractivity contribution in [1.82, 2.24) is 14.7 Å². The molecule has 3 heterocycles. The molecule has 3 nitrogen and oxygen atoms in total. The van der Waals surface area contributed by atoms with E-state index in [1.807, 2.05) is 0 Å². The highest BCUT2D eigenvalue weighted by Gasteiger charge is 2.43. The maximum atomic E-state index is 2.87. The van der Waals surface area contributed by atoms with Crippen LogP contribution in [-0.2, 0) is 6.54 Å². The Morgan fingerprint density at radius 1 is 0.929 bits per heavy atom. The molecule has 1 spiro atoms. The van der Waals surface area contributed by atoms with Crippen molar-refractivity contribution in [2.24, 2.45) is 5.41 Å². The lowest BCUT2D eigenvalue weighted by Gasteiger charge is -2.42. The summed E-state index contributed by atoms with van der Waals surface area (Å²) < 4.78 is 0. The van der Waals surface area contributed by atoms with Crippen LogP contribution in [0.3, 0.4) is 0 Å². The smallest absolute Gasteiger partial charge is 0.0233 e. The Hall–Kier alpha value is -0.900. The lowest BCUT2D eigenvalue weighted by Crippen LogP contribution is -2.47. The van der Waals surface area contributed by atoms with Crippen LogP contribution < -0.4 is 0 Å². The minimum atomic E-state index is 0.567. The van der Waals surface area contributed by atoms with Gasteiger partial charge in [-0.05, 0) is 87.3 Å².